The highest BCUT2D eigenvalue weighted by Crippen LogP contribution is 2.43. The van der Waals surface area contributed by atoms with Crippen LogP contribution < -0.4 is 4.90 Å². The molecule has 1 aromatic heterocycles. The third kappa shape index (κ3) is 5.37. The number of aliphatic hydroxyl groups excluding tert-OH is 1. The van der Waals surface area contributed by atoms with Gasteiger partial charge in [-0.1, -0.05) is 114 Å². The van der Waals surface area contributed by atoms with Crippen molar-refractivity contribution in [3.8, 4) is 5.75 Å². The van der Waals surface area contributed by atoms with Crippen LogP contribution >= 0.6 is 23.1 Å². The Labute approximate surface area is 244 Å². The van der Waals surface area contributed by atoms with Crippen molar-refractivity contribution < 1.29 is 19.8 Å². The monoisotopic (exact) mass is 577 g/mol. The summed E-state index contributed by atoms with van der Waals surface area (Å²) >= 11 is 2.72. The van der Waals surface area contributed by atoms with Crippen molar-refractivity contribution in [3.05, 3.63) is 131 Å². The Morgan fingerprint density at radius 3 is 2.44 bits per heavy atom. The van der Waals surface area contributed by atoms with E-state index in [4.69, 9.17) is 0 Å². The molecule has 5 aromatic rings. The second-order valence-electron chi connectivity index (χ2n) is 9.32. The smallest absolute Gasteiger partial charge is 0.296 e. The summed E-state index contributed by atoms with van der Waals surface area (Å²) < 4.78 is 0.647. The van der Waals surface area contributed by atoms with E-state index in [1.54, 1.807) is 18.2 Å². The number of thioether (sulfide) groups is 1. The molecule has 1 unspecified atom stereocenters. The molecule has 0 saturated heterocycles. The fraction of sp³-hybridized carbons (Fsp3) is 0.0625. The lowest BCUT2D eigenvalue weighted by Gasteiger charge is -2.23. The fourth-order valence-electron chi connectivity index (χ4n) is 4.77. The molecule has 1 amide bonds. The van der Waals surface area contributed by atoms with Crippen molar-refractivity contribution in [3.63, 3.8) is 0 Å². The van der Waals surface area contributed by atoms with Gasteiger partial charge in [0.25, 0.3) is 5.91 Å². The Morgan fingerprint density at radius 1 is 0.902 bits per heavy atom. The van der Waals surface area contributed by atoms with Crippen LogP contribution in [-0.2, 0) is 15.3 Å². The Morgan fingerprint density at radius 2 is 1.63 bits per heavy atom. The lowest BCUT2D eigenvalue weighted by atomic mass is 9.95. The number of benzene rings is 4. The topological polar surface area (TPSA) is 104 Å². The normalized spacial score (nSPS) is 15.4. The number of phenols is 1. The molecule has 202 valence electrons. The predicted molar refractivity (Wildman–Crippen MR) is 162 cm³/mol. The maximum absolute atomic E-state index is 13.4. The summed E-state index contributed by atoms with van der Waals surface area (Å²) in [4.78, 5) is 28.1. The summed E-state index contributed by atoms with van der Waals surface area (Å²) in [6.45, 7) is 0. The first kappa shape index (κ1) is 26.5. The number of hydrogen-bond donors (Lipinski definition) is 2. The molecule has 1 aliphatic heterocycles. The average molecular weight is 578 g/mol. The van der Waals surface area contributed by atoms with Crippen molar-refractivity contribution >= 4 is 56.8 Å². The number of carbonyl (C=O) groups is 2. The zero-order valence-corrected chi connectivity index (χ0v) is 23.2. The van der Waals surface area contributed by atoms with Gasteiger partial charge in [0, 0.05) is 5.75 Å². The van der Waals surface area contributed by atoms with E-state index < -0.39 is 23.5 Å². The first-order valence-corrected chi connectivity index (χ1v) is 14.6. The highest BCUT2D eigenvalue weighted by Gasteiger charge is 2.45. The Kier molecular flexibility index (Phi) is 7.37. The lowest BCUT2D eigenvalue weighted by Crippen LogP contribution is -2.30. The van der Waals surface area contributed by atoms with Crippen LogP contribution in [0.15, 0.2) is 119 Å². The van der Waals surface area contributed by atoms with E-state index >= 15 is 0 Å². The number of anilines is 1. The molecule has 4 aromatic carbocycles. The van der Waals surface area contributed by atoms with Gasteiger partial charge in [-0.2, -0.15) is 0 Å². The molecule has 0 aliphatic carbocycles. The second-order valence-corrected chi connectivity index (χ2v) is 11.5. The Bertz CT molecular complexity index is 1810. The molecule has 7 nitrogen and oxygen atoms in total. The zero-order valence-electron chi connectivity index (χ0n) is 21.5. The Balaban J connectivity index is 1.30. The summed E-state index contributed by atoms with van der Waals surface area (Å²) in [6.07, 6.45) is 2.98. The summed E-state index contributed by atoms with van der Waals surface area (Å²) in [7, 11) is 0. The lowest BCUT2D eigenvalue weighted by molar-refractivity contribution is -0.117. The van der Waals surface area contributed by atoms with Crippen molar-refractivity contribution in [2.75, 3.05) is 4.90 Å². The SMILES string of the molecule is O=C(/C=C/c1ccccc1)C1=C(O)C(=O)N(c2nnc(SCc3cccc4ccccc34)s2)C1c1ccc(O)cc1. The van der Waals surface area contributed by atoms with Gasteiger partial charge in [0.05, 0.1) is 11.6 Å². The minimum absolute atomic E-state index is 0.0395. The number of ketones is 1. The molecule has 0 saturated carbocycles. The molecule has 1 aliphatic rings. The van der Waals surface area contributed by atoms with Gasteiger partial charge in [0.15, 0.2) is 15.9 Å². The van der Waals surface area contributed by atoms with E-state index in [-0.39, 0.29) is 16.5 Å². The van der Waals surface area contributed by atoms with Crippen LogP contribution in [0.5, 0.6) is 5.75 Å². The zero-order chi connectivity index (χ0) is 28.3. The number of carbonyl (C=O) groups excluding carboxylic acids is 2. The molecule has 1 atom stereocenters. The van der Waals surface area contributed by atoms with Gasteiger partial charge in [0.2, 0.25) is 5.13 Å². The number of nitrogens with zero attached hydrogens (tertiary/aromatic N) is 3. The quantitative estimate of drug-likeness (QED) is 0.118. The largest absolute Gasteiger partial charge is 0.508 e. The second kappa shape index (κ2) is 11.4. The maximum Gasteiger partial charge on any atom is 0.296 e. The first-order valence-electron chi connectivity index (χ1n) is 12.8. The van der Waals surface area contributed by atoms with Crippen LogP contribution in [0.2, 0.25) is 0 Å². The molecule has 0 fully saturated rings. The molecule has 0 bridgehead atoms. The van der Waals surface area contributed by atoms with Crippen molar-refractivity contribution in [2.45, 2.75) is 16.1 Å². The number of aliphatic hydroxyl groups is 1. The van der Waals surface area contributed by atoms with E-state index in [2.05, 4.69) is 34.5 Å². The molecular formula is C32H23N3O4S2. The first-order chi connectivity index (χ1) is 20.0. The molecule has 41 heavy (non-hydrogen) atoms. The van der Waals surface area contributed by atoms with E-state index in [1.165, 1.54) is 46.2 Å². The van der Waals surface area contributed by atoms with Crippen LogP contribution in [0.1, 0.15) is 22.7 Å². The van der Waals surface area contributed by atoms with E-state index in [9.17, 15) is 19.8 Å². The highest BCUT2D eigenvalue weighted by molar-refractivity contribution is 8.00. The van der Waals surface area contributed by atoms with Crippen molar-refractivity contribution in [1.82, 2.24) is 10.2 Å². The van der Waals surface area contributed by atoms with E-state index in [1.807, 2.05) is 48.5 Å². The van der Waals surface area contributed by atoms with E-state index in [0.29, 0.717) is 15.7 Å². The van der Waals surface area contributed by atoms with Crippen molar-refractivity contribution in [1.29, 1.82) is 0 Å². The number of hydrogen-bond acceptors (Lipinski definition) is 8. The standard InChI is InChI=1S/C32H23N3O4S2/c36-24-16-14-22(15-17-24)28-27(26(37)18-13-20-7-2-1-3-8-20)29(38)30(39)35(28)31-33-34-32(41-31)40-19-23-11-6-10-21-9-4-5-12-25(21)23/h1-18,28,36,38H,19H2/b18-13+. The van der Waals surface area contributed by atoms with E-state index in [0.717, 1.165) is 21.9 Å². The van der Waals surface area contributed by atoms with Gasteiger partial charge in [0.1, 0.15) is 5.75 Å². The maximum atomic E-state index is 13.4. The minimum atomic E-state index is -0.945. The number of aromatic hydroxyl groups is 1. The number of rotatable bonds is 8. The average Bonchev–Trinajstić information content (AvgIpc) is 3.57. The summed E-state index contributed by atoms with van der Waals surface area (Å²) in [5.74, 6) is -1.18. The van der Waals surface area contributed by atoms with Crippen molar-refractivity contribution in [2.24, 2.45) is 0 Å². The summed E-state index contributed by atoms with van der Waals surface area (Å²) in [5.41, 5.74) is 2.44. The number of aromatic nitrogens is 2. The van der Waals surface area contributed by atoms with Crippen LogP contribution in [-0.4, -0.2) is 32.1 Å². The van der Waals surface area contributed by atoms with Crippen LogP contribution in [0.25, 0.3) is 16.8 Å². The third-order valence-electron chi connectivity index (χ3n) is 6.74. The number of fused-ring (bicyclic) bond motifs is 1. The van der Waals surface area contributed by atoms with Gasteiger partial charge in [-0.3, -0.25) is 14.5 Å². The number of amides is 1. The molecule has 0 radical (unpaired) electrons. The van der Waals surface area contributed by atoms with Gasteiger partial charge in [-0.05, 0) is 45.7 Å². The highest BCUT2D eigenvalue weighted by atomic mass is 32.2. The van der Waals surface area contributed by atoms with Gasteiger partial charge >= 0.3 is 0 Å². The molecule has 2 N–H and O–H groups in total. The fourth-order valence-corrected chi connectivity index (χ4v) is 6.64. The molecule has 2 heterocycles. The number of phenolic OH excluding ortho intramolecular Hbond substituents is 1. The van der Waals surface area contributed by atoms with Gasteiger partial charge in [-0.25, -0.2) is 0 Å². The Hall–Kier alpha value is -4.73. The summed E-state index contributed by atoms with van der Waals surface area (Å²) in [5, 5.41) is 31.9. The molecule has 6 rings (SSSR count). The van der Waals surface area contributed by atoms with Crippen LogP contribution in [0.3, 0.4) is 0 Å². The number of allylic oxidation sites excluding steroid dienone is 1. The van der Waals surface area contributed by atoms with Crippen LogP contribution in [0, 0.1) is 0 Å². The molecule has 0 spiro atoms. The van der Waals surface area contributed by atoms with Gasteiger partial charge < -0.3 is 10.2 Å². The van der Waals surface area contributed by atoms with Gasteiger partial charge in [-0.15, -0.1) is 10.2 Å². The predicted octanol–water partition coefficient (Wildman–Crippen LogP) is 6.87. The summed E-state index contributed by atoms with van der Waals surface area (Å²) in [6, 6.07) is 28.8. The minimum Gasteiger partial charge on any atom is -0.508 e. The molecular weight excluding hydrogens is 555 g/mol. The third-order valence-corrected chi connectivity index (χ3v) is 8.85. The van der Waals surface area contributed by atoms with Crippen LogP contribution in [0.4, 0.5) is 5.13 Å². The molecule has 9 heteroatoms.